The molecule has 1 radical (unpaired) electrons. The molecule has 0 aromatic rings. The van der Waals surface area contributed by atoms with E-state index in [1.165, 1.54) is 6.92 Å². The summed E-state index contributed by atoms with van der Waals surface area (Å²) in [6.45, 7) is 9.77. The van der Waals surface area contributed by atoms with Gasteiger partial charge in [0, 0.05) is 75.2 Å². The quantitative estimate of drug-likeness (QED) is 0.235. The zero-order valence-electron chi connectivity index (χ0n) is 19.6. The van der Waals surface area contributed by atoms with Gasteiger partial charge in [0.2, 0.25) is 0 Å². The zero-order valence-corrected chi connectivity index (χ0v) is 24.3. The molecule has 0 aromatic carbocycles. The molecule has 1 saturated heterocycles. The van der Waals surface area contributed by atoms with Crippen LogP contribution < -0.4 is 0 Å². The van der Waals surface area contributed by atoms with Gasteiger partial charge in [-0.3, -0.25) is 9.59 Å². The normalized spacial score (nSPS) is 49.5. The molecule has 4 N–H and O–H groups in total. The van der Waals surface area contributed by atoms with Gasteiger partial charge >= 0.3 is 5.97 Å². The Bertz CT molecular complexity index is 870. The number of ether oxygens (including phenoxy) is 2. The van der Waals surface area contributed by atoms with Crippen molar-refractivity contribution >= 4 is 11.8 Å². The first-order valence-electron chi connectivity index (χ1n) is 11.0. The molecule has 177 valence electrons. The molecule has 9 heteroatoms. The molecule has 3 fully saturated rings. The molecule has 9 atom stereocenters. The summed E-state index contributed by atoms with van der Waals surface area (Å²) in [5.41, 5.74) is -4.66. The number of rotatable bonds is 1. The van der Waals surface area contributed by atoms with Crippen molar-refractivity contribution < 1.29 is 83.6 Å². The Balaban J connectivity index is 0.00000289. The molecule has 0 amide bonds. The molecular weight excluding hydrogens is 631 g/mol. The average Bonchev–Trinajstić information content (AvgIpc) is 2.66. The summed E-state index contributed by atoms with van der Waals surface area (Å²) >= 11 is 0. The molecule has 3 aliphatic carbocycles. The predicted octanol–water partition coefficient (Wildman–Crippen LogP) is 0.492. The van der Waals surface area contributed by atoms with Crippen molar-refractivity contribution in [2.75, 3.05) is 6.61 Å². The Morgan fingerprint density at radius 1 is 1.19 bits per heavy atom. The fourth-order valence-electron chi connectivity index (χ4n) is 7.24. The van der Waals surface area contributed by atoms with Gasteiger partial charge in [-0.1, -0.05) is 20.8 Å². The number of hydrogen-bond donors (Lipinski definition) is 4. The zero-order chi connectivity index (χ0) is 23.3. The molecular formula is C23H34AcO8. The number of esters is 1. The molecule has 1 aliphatic heterocycles. The maximum Gasteiger partial charge on any atom is 0.303 e. The molecule has 0 spiro atoms. The van der Waals surface area contributed by atoms with Crippen molar-refractivity contribution in [3.05, 3.63) is 11.1 Å². The Labute approximate surface area is 224 Å². The van der Waals surface area contributed by atoms with Crippen LogP contribution in [0.15, 0.2) is 11.1 Å². The van der Waals surface area contributed by atoms with E-state index in [0.29, 0.717) is 11.1 Å². The van der Waals surface area contributed by atoms with Crippen LogP contribution in [0.1, 0.15) is 54.4 Å². The van der Waals surface area contributed by atoms with Gasteiger partial charge in [-0.15, -0.1) is 0 Å². The standard InChI is InChI=1S/C23H34O8.Ac/c1-10-13(25)8-23(29)11(2)18-21(6,14(26)7-15-22(18,28)9-30-15)19(27)17(31-12(3)24)16(10)20(23,4)5;/h11,13-15,17-18,25-26,28-29H,7-9H2,1-6H3;/t11-,13-,14-,15+,17+,18?,21+,22-,23+;/m0./s1. The number of carbonyl (C=O) groups excluding carboxylic acids is 2. The number of hydrogen-bond acceptors (Lipinski definition) is 8. The van der Waals surface area contributed by atoms with Crippen molar-refractivity contribution in [3.8, 4) is 0 Å². The summed E-state index contributed by atoms with van der Waals surface area (Å²) in [4.78, 5) is 26.2. The van der Waals surface area contributed by atoms with E-state index in [2.05, 4.69) is 0 Å². The van der Waals surface area contributed by atoms with Crippen molar-refractivity contribution in [3.63, 3.8) is 0 Å². The molecule has 2 saturated carbocycles. The Kier molecular flexibility index (Phi) is 6.75. The number of carbonyl (C=O) groups is 2. The summed E-state index contributed by atoms with van der Waals surface area (Å²) in [5, 5.41) is 45.7. The van der Waals surface area contributed by atoms with E-state index in [0.717, 1.165) is 0 Å². The number of aliphatic hydroxyl groups is 4. The van der Waals surface area contributed by atoms with Gasteiger partial charge < -0.3 is 29.9 Å². The molecule has 1 unspecified atom stereocenters. The first kappa shape index (κ1) is 26.7. The summed E-state index contributed by atoms with van der Waals surface area (Å²) in [6, 6.07) is 0. The molecule has 2 bridgehead atoms. The first-order chi connectivity index (χ1) is 14.1. The van der Waals surface area contributed by atoms with E-state index in [4.69, 9.17) is 9.47 Å². The minimum Gasteiger partial charge on any atom is -0.450 e. The molecule has 4 aliphatic rings. The predicted molar refractivity (Wildman–Crippen MR) is 109 cm³/mol. The van der Waals surface area contributed by atoms with Gasteiger partial charge in [0.05, 0.1) is 35.9 Å². The number of fused-ring (bicyclic) bond motifs is 5. The van der Waals surface area contributed by atoms with E-state index < -0.39 is 70.0 Å². The van der Waals surface area contributed by atoms with Gasteiger partial charge in [0.25, 0.3) is 0 Å². The fourth-order valence-corrected chi connectivity index (χ4v) is 7.24. The third-order valence-corrected chi connectivity index (χ3v) is 9.14. The third kappa shape index (κ3) is 3.15. The summed E-state index contributed by atoms with van der Waals surface area (Å²) in [7, 11) is 0. The van der Waals surface area contributed by atoms with Crippen LogP contribution in [0.3, 0.4) is 0 Å². The Morgan fingerprint density at radius 3 is 2.28 bits per heavy atom. The van der Waals surface area contributed by atoms with Crippen LogP contribution in [0.5, 0.6) is 0 Å². The molecule has 1 heterocycles. The Hall–Kier alpha value is 0.122. The minimum absolute atomic E-state index is 0. The van der Waals surface area contributed by atoms with Gasteiger partial charge in [-0.05, 0) is 30.9 Å². The number of Topliss-reactive ketones (excluding diaryl/α,β-unsaturated/α-hetero) is 1. The molecule has 4 rings (SSSR count). The second-order valence-electron chi connectivity index (χ2n) is 10.8. The van der Waals surface area contributed by atoms with Crippen LogP contribution >= 0.6 is 0 Å². The number of aliphatic hydroxyl groups excluding tert-OH is 2. The monoisotopic (exact) mass is 665 g/mol. The van der Waals surface area contributed by atoms with E-state index >= 15 is 0 Å². The summed E-state index contributed by atoms with van der Waals surface area (Å²) in [5.74, 6) is -2.76. The van der Waals surface area contributed by atoms with Gasteiger partial charge in [0.1, 0.15) is 5.60 Å². The maximum absolute atomic E-state index is 14.1. The first-order valence-corrected chi connectivity index (χ1v) is 11.0. The second-order valence-corrected chi connectivity index (χ2v) is 10.8. The van der Waals surface area contributed by atoms with Crippen molar-refractivity contribution in [1.82, 2.24) is 0 Å². The smallest absolute Gasteiger partial charge is 0.303 e. The van der Waals surface area contributed by atoms with E-state index in [1.807, 2.05) is 0 Å². The van der Waals surface area contributed by atoms with Crippen molar-refractivity contribution in [2.24, 2.45) is 22.7 Å². The minimum atomic E-state index is -1.54. The molecule has 0 aromatic heterocycles. The topological polar surface area (TPSA) is 134 Å². The van der Waals surface area contributed by atoms with Gasteiger partial charge in [-0.25, -0.2) is 0 Å². The summed E-state index contributed by atoms with van der Waals surface area (Å²) < 4.78 is 11.1. The molecule has 8 nitrogen and oxygen atoms in total. The maximum atomic E-state index is 14.1. The van der Waals surface area contributed by atoms with Gasteiger partial charge in [0.15, 0.2) is 11.9 Å². The van der Waals surface area contributed by atoms with Crippen LogP contribution in [0, 0.1) is 66.7 Å². The summed E-state index contributed by atoms with van der Waals surface area (Å²) in [6.07, 6.45) is -4.17. The third-order valence-electron chi connectivity index (χ3n) is 9.14. The second kappa shape index (κ2) is 8.08. The van der Waals surface area contributed by atoms with E-state index in [-0.39, 0.29) is 63.5 Å². The largest absolute Gasteiger partial charge is 0.450 e. The molecule has 32 heavy (non-hydrogen) atoms. The van der Waals surface area contributed by atoms with Crippen LogP contribution in [0.25, 0.3) is 0 Å². The Morgan fingerprint density at radius 2 is 1.78 bits per heavy atom. The SMILES string of the molecule is CC(=O)O[C@H]1C(=O)[C@@]2(C)C([C@H](C)[C@]3(O)C[C@H](O)C(C)=C1C3(C)C)[C@]1(O)CO[C@@H]1C[C@@H]2O.[Ac]. The van der Waals surface area contributed by atoms with E-state index in [1.54, 1.807) is 34.6 Å². The van der Waals surface area contributed by atoms with Crippen LogP contribution in [0.2, 0.25) is 0 Å². The van der Waals surface area contributed by atoms with Crippen LogP contribution in [0.4, 0.5) is 0 Å². The fraction of sp³-hybridized carbons (Fsp3) is 0.826. The average molecular weight is 666 g/mol. The van der Waals surface area contributed by atoms with E-state index in [9.17, 15) is 30.0 Å². The van der Waals surface area contributed by atoms with Gasteiger partial charge in [-0.2, -0.15) is 0 Å². The number of ketones is 1. The van der Waals surface area contributed by atoms with Crippen molar-refractivity contribution in [1.29, 1.82) is 0 Å². The van der Waals surface area contributed by atoms with Crippen LogP contribution in [-0.2, 0) is 19.1 Å². The van der Waals surface area contributed by atoms with Crippen LogP contribution in [-0.4, -0.2) is 74.4 Å². The van der Waals surface area contributed by atoms with Crippen molar-refractivity contribution in [2.45, 2.75) is 90.0 Å².